The quantitative estimate of drug-likeness (QED) is 0.262. The predicted octanol–water partition coefficient (Wildman–Crippen LogP) is 7.86. The van der Waals surface area contributed by atoms with Crippen LogP contribution < -0.4 is 10.1 Å². The third-order valence-corrected chi connectivity index (χ3v) is 7.33. The van der Waals surface area contributed by atoms with Gasteiger partial charge in [0, 0.05) is 21.8 Å². The van der Waals surface area contributed by atoms with Gasteiger partial charge in [-0.3, -0.25) is 4.79 Å². The van der Waals surface area contributed by atoms with E-state index in [1.54, 1.807) is 11.3 Å². The first-order chi connectivity index (χ1) is 17.2. The first-order valence-electron chi connectivity index (χ1n) is 11.7. The highest BCUT2D eigenvalue weighted by molar-refractivity contribution is 7.16. The smallest absolute Gasteiger partial charge is 0.259 e. The fraction of sp³-hybridized carbons (Fsp3) is 0.172. The van der Waals surface area contributed by atoms with E-state index in [9.17, 15) is 4.79 Å². The van der Waals surface area contributed by atoms with Crippen molar-refractivity contribution >= 4 is 45.7 Å². The lowest BCUT2D eigenvalue weighted by Gasteiger charge is -2.12. The molecule has 1 heterocycles. The molecule has 1 aromatic heterocycles. The van der Waals surface area contributed by atoms with E-state index in [1.165, 1.54) is 4.88 Å². The second-order valence-corrected chi connectivity index (χ2v) is 9.98. The minimum atomic E-state index is -0.0960. The Hall–Kier alpha value is -3.41. The minimum absolute atomic E-state index is 0.0960. The van der Waals surface area contributed by atoms with Gasteiger partial charge in [0.15, 0.2) is 0 Å². The molecule has 35 heavy (non-hydrogen) atoms. The molecule has 1 N–H and O–H groups in total. The molecule has 6 heteroatoms. The maximum Gasteiger partial charge on any atom is 0.259 e. The van der Waals surface area contributed by atoms with E-state index in [0.29, 0.717) is 17.2 Å². The van der Waals surface area contributed by atoms with Crippen molar-refractivity contribution < 1.29 is 9.53 Å². The van der Waals surface area contributed by atoms with Crippen LogP contribution in [0.4, 0.5) is 10.7 Å². The largest absolute Gasteiger partial charge is 0.489 e. The Morgan fingerprint density at radius 3 is 2.69 bits per heavy atom. The molecule has 0 radical (unpaired) electrons. The van der Waals surface area contributed by atoms with E-state index < -0.39 is 0 Å². The molecule has 1 aliphatic rings. The van der Waals surface area contributed by atoms with Gasteiger partial charge in [-0.2, -0.15) is 0 Å². The summed E-state index contributed by atoms with van der Waals surface area (Å²) >= 11 is 7.70. The van der Waals surface area contributed by atoms with Crippen molar-refractivity contribution in [2.75, 3.05) is 5.32 Å². The van der Waals surface area contributed by atoms with E-state index in [-0.39, 0.29) is 5.91 Å². The molecule has 3 aromatic carbocycles. The first-order valence-corrected chi connectivity index (χ1v) is 12.9. The van der Waals surface area contributed by atoms with Crippen LogP contribution in [0.1, 0.15) is 44.8 Å². The number of aliphatic imine (C=N–C) groups is 1. The number of rotatable bonds is 7. The summed E-state index contributed by atoms with van der Waals surface area (Å²) in [5, 5.41) is 4.49. The highest BCUT2D eigenvalue weighted by atomic mass is 35.5. The average Bonchev–Trinajstić information content (AvgIpc) is 3.26. The zero-order valence-electron chi connectivity index (χ0n) is 19.2. The van der Waals surface area contributed by atoms with Crippen molar-refractivity contribution in [1.82, 2.24) is 0 Å². The number of nitrogens with zero attached hydrogens (tertiary/aromatic N) is 1. The monoisotopic (exact) mass is 500 g/mol. The van der Waals surface area contributed by atoms with Gasteiger partial charge >= 0.3 is 0 Å². The molecule has 0 unspecified atom stereocenters. The third-order valence-electron chi connectivity index (χ3n) is 5.89. The Morgan fingerprint density at radius 2 is 1.83 bits per heavy atom. The number of anilines is 1. The molecule has 1 aliphatic carbocycles. The molecule has 176 valence electrons. The second-order valence-electron chi connectivity index (χ2n) is 8.46. The summed E-state index contributed by atoms with van der Waals surface area (Å²) in [6, 6.07) is 25.0. The summed E-state index contributed by atoms with van der Waals surface area (Å²) < 4.78 is 5.95. The number of para-hydroxylation sites is 1. The zero-order chi connectivity index (χ0) is 24.0. The van der Waals surface area contributed by atoms with E-state index >= 15 is 0 Å². The Balaban J connectivity index is 1.36. The molecule has 1 amide bonds. The normalized spacial score (nSPS) is 12.9. The number of hydrogen-bond acceptors (Lipinski definition) is 4. The molecule has 0 spiro atoms. The van der Waals surface area contributed by atoms with E-state index in [0.717, 1.165) is 58.8 Å². The summed E-state index contributed by atoms with van der Waals surface area (Å²) in [5.41, 5.74) is 4.57. The number of halogens is 1. The summed E-state index contributed by atoms with van der Waals surface area (Å²) in [5.74, 6) is 0.655. The van der Waals surface area contributed by atoms with E-state index in [1.807, 2.05) is 85.1 Å². The van der Waals surface area contributed by atoms with Gasteiger partial charge < -0.3 is 10.1 Å². The van der Waals surface area contributed by atoms with Gasteiger partial charge in [0.1, 0.15) is 17.4 Å². The number of amides is 1. The lowest BCUT2D eigenvalue weighted by Crippen LogP contribution is -2.14. The lowest BCUT2D eigenvalue weighted by molar-refractivity contribution is 0.102. The Morgan fingerprint density at radius 1 is 1.00 bits per heavy atom. The number of hydrogen-bond donors (Lipinski definition) is 1. The van der Waals surface area contributed by atoms with Gasteiger partial charge in [0.2, 0.25) is 0 Å². The van der Waals surface area contributed by atoms with Crippen LogP contribution in [0, 0.1) is 0 Å². The SMILES string of the molecule is O=C(Nc1ccccc1)c1c(N=Cc2cccc(OCc3cccc(Cl)c3)c2)sc2c1CCCC2. The second kappa shape index (κ2) is 10.9. The molecule has 5 rings (SSSR count). The number of aryl methyl sites for hydroxylation is 1. The number of carbonyl (C=O) groups is 1. The molecule has 0 saturated carbocycles. The average molecular weight is 501 g/mol. The van der Waals surface area contributed by atoms with Gasteiger partial charge in [0.05, 0.1) is 5.56 Å². The van der Waals surface area contributed by atoms with Gasteiger partial charge in [-0.05, 0) is 78.8 Å². The standard InChI is InChI=1S/C29H25ClN2O2S/c30-22-10-6-9-21(16-22)19-34-24-13-7-8-20(17-24)18-31-29-27(25-14-4-5-15-26(25)35-29)28(33)32-23-11-2-1-3-12-23/h1-3,6-13,16-18H,4-5,14-15,19H2,(H,32,33). The molecule has 0 saturated heterocycles. The number of fused-ring (bicyclic) bond motifs is 1. The Bertz CT molecular complexity index is 1360. The fourth-order valence-corrected chi connectivity index (χ4v) is 5.65. The number of benzene rings is 3. The van der Waals surface area contributed by atoms with Crippen LogP contribution in [0.2, 0.25) is 5.02 Å². The van der Waals surface area contributed by atoms with Crippen LogP contribution in [0.5, 0.6) is 5.75 Å². The molecule has 4 aromatic rings. The highest BCUT2D eigenvalue weighted by Crippen LogP contribution is 2.40. The van der Waals surface area contributed by atoms with Crippen molar-refractivity contribution in [2.45, 2.75) is 32.3 Å². The Labute approximate surface area is 214 Å². The lowest BCUT2D eigenvalue weighted by atomic mass is 9.95. The molecular formula is C29H25ClN2O2S. The van der Waals surface area contributed by atoms with Crippen molar-refractivity contribution in [3.63, 3.8) is 0 Å². The number of ether oxygens (including phenoxy) is 1. The number of carbonyl (C=O) groups excluding carboxylic acids is 1. The molecule has 0 atom stereocenters. The van der Waals surface area contributed by atoms with Gasteiger partial charge in [-0.15, -0.1) is 11.3 Å². The summed E-state index contributed by atoms with van der Waals surface area (Å²) in [7, 11) is 0. The number of thiophene rings is 1. The van der Waals surface area contributed by atoms with Crippen LogP contribution in [0.3, 0.4) is 0 Å². The fourth-order valence-electron chi connectivity index (χ4n) is 4.20. The first kappa shape index (κ1) is 23.3. The zero-order valence-corrected chi connectivity index (χ0v) is 20.7. The maximum atomic E-state index is 13.3. The van der Waals surface area contributed by atoms with Gasteiger partial charge in [0.25, 0.3) is 5.91 Å². The highest BCUT2D eigenvalue weighted by Gasteiger charge is 2.25. The minimum Gasteiger partial charge on any atom is -0.489 e. The van der Waals surface area contributed by atoms with Crippen molar-refractivity contribution in [2.24, 2.45) is 4.99 Å². The summed E-state index contributed by atoms with van der Waals surface area (Å²) in [4.78, 5) is 19.3. The van der Waals surface area contributed by atoms with Crippen LogP contribution >= 0.6 is 22.9 Å². The van der Waals surface area contributed by atoms with E-state index in [2.05, 4.69) is 5.32 Å². The van der Waals surface area contributed by atoms with Crippen molar-refractivity contribution in [1.29, 1.82) is 0 Å². The molecule has 0 fully saturated rings. The van der Waals surface area contributed by atoms with Crippen LogP contribution in [0.15, 0.2) is 83.9 Å². The maximum absolute atomic E-state index is 13.3. The Kier molecular flexibility index (Phi) is 7.26. The van der Waals surface area contributed by atoms with E-state index in [4.69, 9.17) is 21.3 Å². The number of nitrogens with one attached hydrogen (secondary N) is 1. The topological polar surface area (TPSA) is 50.7 Å². The molecule has 0 aliphatic heterocycles. The third kappa shape index (κ3) is 5.81. The summed E-state index contributed by atoms with van der Waals surface area (Å²) in [6.07, 6.45) is 6.00. The molecular weight excluding hydrogens is 476 g/mol. The molecule has 4 nitrogen and oxygen atoms in total. The van der Waals surface area contributed by atoms with Gasteiger partial charge in [-0.1, -0.05) is 54.1 Å². The van der Waals surface area contributed by atoms with Crippen molar-refractivity contribution in [3.8, 4) is 5.75 Å². The van der Waals surface area contributed by atoms with Crippen LogP contribution in [-0.4, -0.2) is 12.1 Å². The summed E-state index contributed by atoms with van der Waals surface area (Å²) in [6.45, 7) is 0.433. The predicted molar refractivity (Wildman–Crippen MR) is 145 cm³/mol. The van der Waals surface area contributed by atoms with Crippen LogP contribution in [0.25, 0.3) is 0 Å². The van der Waals surface area contributed by atoms with Gasteiger partial charge in [-0.25, -0.2) is 4.99 Å². The van der Waals surface area contributed by atoms with Crippen molar-refractivity contribution in [3.05, 3.63) is 111 Å². The van der Waals surface area contributed by atoms with Crippen LogP contribution in [-0.2, 0) is 19.4 Å². The molecule has 0 bridgehead atoms.